The average Bonchev–Trinajstić information content (AvgIpc) is 2.92. The first-order valence-corrected chi connectivity index (χ1v) is 14.5. The van der Waals surface area contributed by atoms with Gasteiger partial charge in [0.25, 0.3) is 10.0 Å². The van der Waals surface area contributed by atoms with Crippen molar-refractivity contribution in [1.29, 1.82) is 0 Å². The highest BCUT2D eigenvalue weighted by Crippen LogP contribution is 2.38. The number of sulfonamides is 1. The molecule has 0 radical (unpaired) electrons. The SMILES string of the molecule is COC(=O)CC1CCN(c2ccc(-c3cc(Cl)cc(OC(F)F)c3)cc2NS(=O)(=O)c2cccc(C(F)(F)F)c2)CC1. The van der Waals surface area contributed by atoms with E-state index in [1.165, 1.54) is 31.4 Å². The van der Waals surface area contributed by atoms with Gasteiger partial charge in [-0.25, -0.2) is 8.42 Å². The number of nitrogens with one attached hydrogen (secondary N) is 1. The van der Waals surface area contributed by atoms with Gasteiger partial charge in [-0.3, -0.25) is 9.52 Å². The van der Waals surface area contributed by atoms with Gasteiger partial charge < -0.3 is 14.4 Å². The van der Waals surface area contributed by atoms with Gasteiger partial charge in [0.15, 0.2) is 0 Å². The molecule has 1 heterocycles. The number of halogens is 6. The van der Waals surface area contributed by atoms with Gasteiger partial charge in [0, 0.05) is 24.5 Å². The number of rotatable bonds is 9. The number of hydrogen-bond acceptors (Lipinski definition) is 6. The van der Waals surface area contributed by atoms with E-state index in [4.69, 9.17) is 16.3 Å². The Balaban J connectivity index is 1.72. The number of hydrogen-bond donors (Lipinski definition) is 1. The van der Waals surface area contributed by atoms with E-state index >= 15 is 0 Å². The lowest BCUT2D eigenvalue weighted by Gasteiger charge is -2.34. The number of esters is 1. The zero-order valence-electron chi connectivity index (χ0n) is 22.1. The van der Waals surface area contributed by atoms with Crippen molar-refractivity contribution in [1.82, 2.24) is 0 Å². The van der Waals surface area contributed by atoms with Crippen molar-refractivity contribution in [2.75, 3.05) is 29.8 Å². The van der Waals surface area contributed by atoms with E-state index < -0.39 is 33.3 Å². The number of carbonyl (C=O) groups excluding carboxylic acids is 1. The Hall–Kier alpha value is -3.58. The van der Waals surface area contributed by atoms with Gasteiger partial charge >= 0.3 is 18.8 Å². The second-order valence-corrected chi connectivity index (χ2v) is 11.7. The maximum Gasteiger partial charge on any atom is 0.416 e. The molecule has 1 aliphatic rings. The number of alkyl halides is 5. The van der Waals surface area contributed by atoms with Crippen molar-refractivity contribution < 1.29 is 44.6 Å². The third-order valence-electron chi connectivity index (χ3n) is 6.78. The Labute approximate surface area is 244 Å². The van der Waals surface area contributed by atoms with Crippen molar-refractivity contribution in [2.45, 2.75) is 36.9 Å². The summed E-state index contributed by atoms with van der Waals surface area (Å²) in [5, 5.41) is 0.0889. The van der Waals surface area contributed by atoms with Crippen LogP contribution in [0.4, 0.5) is 33.3 Å². The molecule has 0 spiro atoms. The summed E-state index contributed by atoms with van der Waals surface area (Å²) in [6.07, 6.45) is -3.29. The molecule has 3 aromatic carbocycles. The van der Waals surface area contributed by atoms with Crippen molar-refractivity contribution in [2.24, 2.45) is 5.92 Å². The van der Waals surface area contributed by atoms with Crippen LogP contribution >= 0.6 is 11.6 Å². The monoisotopic (exact) mass is 632 g/mol. The molecule has 0 atom stereocenters. The molecule has 1 aliphatic heterocycles. The lowest BCUT2D eigenvalue weighted by molar-refractivity contribution is -0.142. The molecule has 3 aromatic rings. The minimum Gasteiger partial charge on any atom is -0.469 e. The molecule has 7 nitrogen and oxygen atoms in total. The molecule has 1 fully saturated rings. The largest absolute Gasteiger partial charge is 0.469 e. The predicted octanol–water partition coefficient (Wildman–Crippen LogP) is 7.21. The van der Waals surface area contributed by atoms with E-state index in [2.05, 4.69) is 9.46 Å². The Morgan fingerprint density at radius 1 is 1.05 bits per heavy atom. The molecule has 1 N–H and O–H groups in total. The van der Waals surface area contributed by atoms with Gasteiger partial charge in [-0.05, 0) is 78.4 Å². The minimum absolute atomic E-state index is 0.0487. The third-order valence-corrected chi connectivity index (χ3v) is 8.36. The van der Waals surface area contributed by atoms with Crippen molar-refractivity contribution >= 4 is 39.0 Å². The minimum atomic E-state index is -4.75. The van der Waals surface area contributed by atoms with Crippen molar-refractivity contribution in [3.05, 3.63) is 71.2 Å². The third kappa shape index (κ3) is 7.82. The fraction of sp³-hybridized carbons (Fsp3) is 0.321. The molecule has 0 bridgehead atoms. The molecule has 226 valence electrons. The lowest BCUT2D eigenvalue weighted by atomic mass is 9.93. The summed E-state index contributed by atoms with van der Waals surface area (Å²) in [6, 6.07) is 12.0. The molecule has 0 saturated carbocycles. The van der Waals surface area contributed by atoms with E-state index in [1.807, 2.05) is 4.90 Å². The summed E-state index contributed by atoms with van der Waals surface area (Å²) in [6.45, 7) is -2.18. The highest BCUT2D eigenvalue weighted by Gasteiger charge is 2.32. The Morgan fingerprint density at radius 2 is 1.76 bits per heavy atom. The van der Waals surface area contributed by atoms with Gasteiger partial charge in [-0.15, -0.1) is 0 Å². The predicted molar refractivity (Wildman–Crippen MR) is 147 cm³/mol. The summed E-state index contributed by atoms with van der Waals surface area (Å²) in [7, 11) is -3.20. The fourth-order valence-electron chi connectivity index (χ4n) is 4.71. The highest BCUT2D eigenvalue weighted by molar-refractivity contribution is 7.92. The maximum atomic E-state index is 13.3. The summed E-state index contributed by atoms with van der Waals surface area (Å²) in [4.78, 5) is 13.0. The van der Waals surface area contributed by atoms with Crippen LogP contribution in [0.1, 0.15) is 24.8 Å². The Bertz CT molecular complexity index is 1540. The second kappa shape index (κ2) is 12.7. The summed E-state index contributed by atoms with van der Waals surface area (Å²) in [5.41, 5.74) is 0.0748. The molecule has 14 heteroatoms. The molecule has 42 heavy (non-hydrogen) atoms. The van der Waals surface area contributed by atoms with Gasteiger partial charge in [-0.1, -0.05) is 23.7 Å². The van der Waals surface area contributed by atoms with E-state index in [0.717, 1.165) is 18.2 Å². The number of methoxy groups -OCH3 is 1. The molecule has 4 rings (SSSR count). The molecule has 0 amide bonds. The molecule has 1 saturated heterocycles. The molecular weight excluding hydrogens is 607 g/mol. The van der Waals surface area contributed by atoms with Crippen LogP contribution in [0.5, 0.6) is 5.75 Å². The first kappa shape index (κ1) is 31.4. The number of nitrogens with zero attached hydrogens (tertiary/aromatic N) is 1. The standard InChI is InChI=1S/C28H26ClF5N2O5S/c1-40-26(37)11-17-7-9-36(10-8-17)25-6-5-18(19-12-21(29)16-22(13-19)41-27(30)31)14-24(25)35-42(38,39)23-4-2-3-20(15-23)28(32,33)34/h2-6,12-17,27,35H,7-11H2,1H3. The zero-order chi connectivity index (χ0) is 30.7. The van der Waals surface area contributed by atoms with E-state index in [1.54, 1.807) is 12.1 Å². The number of benzene rings is 3. The summed E-state index contributed by atoms with van der Waals surface area (Å²) in [5.74, 6) is -0.475. The zero-order valence-corrected chi connectivity index (χ0v) is 23.7. The number of carbonyl (C=O) groups is 1. The van der Waals surface area contributed by atoms with E-state index in [-0.39, 0.29) is 34.8 Å². The Kier molecular flexibility index (Phi) is 9.51. The molecule has 0 unspecified atom stereocenters. The smallest absolute Gasteiger partial charge is 0.416 e. The maximum absolute atomic E-state index is 13.3. The van der Waals surface area contributed by atoms with E-state index in [9.17, 15) is 35.2 Å². The topological polar surface area (TPSA) is 84.9 Å². The van der Waals surface area contributed by atoms with Crippen LogP contribution in [0.2, 0.25) is 5.02 Å². The van der Waals surface area contributed by atoms with Crippen LogP contribution in [0.15, 0.2) is 65.6 Å². The quantitative estimate of drug-likeness (QED) is 0.198. The highest BCUT2D eigenvalue weighted by atomic mass is 35.5. The normalized spacial score (nSPS) is 14.6. The molecule has 0 aromatic heterocycles. The van der Waals surface area contributed by atoms with Crippen LogP contribution < -0.4 is 14.4 Å². The number of anilines is 2. The molecular formula is C28H26ClF5N2O5S. The van der Waals surface area contributed by atoms with Crippen LogP contribution in [0.3, 0.4) is 0 Å². The van der Waals surface area contributed by atoms with Crippen LogP contribution in [-0.4, -0.2) is 41.2 Å². The van der Waals surface area contributed by atoms with E-state index in [0.29, 0.717) is 48.8 Å². The first-order valence-electron chi connectivity index (χ1n) is 12.7. The number of piperidine rings is 1. The summed E-state index contributed by atoms with van der Waals surface area (Å²) >= 11 is 6.10. The van der Waals surface area contributed by atoms with Gasteiger partial charge in [0.2, 0.25) is 0 Å². The van der Waals surface area contributed by atoms with Crippen LogP contribution in [-0.2, 0) is 25.7 Å². The lowest BCUT2D eigenvalue weighted by Crippen LogP contribution is -2.35. The van der Waals surface area contributed by atoms with Crippen LogP contribution in [0, 0.1) is 5.92 Å². The fourth-order valence-corrected chi connectivity index (χ4v) is 6.05. The first-order chi connectivity index (χ1) is 19.7. The molecule has 0 aliphatic carbocycles. The van der Waals surface area contributed by atoms with Crippen LogP contribution in [0.25, 0.3) is 11.1 Å². The summed E-state index contributed by atoms with van der Waals surface area (Å²) < 4.78 is 104. The second-order valence-electron chi connectivity index (χ2n) is 9.63. The van der Waals surface area contributed by atoms with Crippen molar-refractivity contribution in [3.63, 3.8) is 0 Å². The Morgan fingerprint density at radius 3 is 2.40 bits per heavy atom. The number of ether oxygens (including phenoxy) is 2. The van der Waals surface area contributed by atoms with Gasteiger partial charge in [-0.2, -0.15) is 22.0 Å². The van der Waals surface area contributed by atoms with Crippen molar-refractivity contribution in [3.8, 4) is 16.9 Å². The average molecular weight is 633 g/mol. The van der Waals surface area contributed by atoms with Gasteiger partial charge in [0.05, 0.1) is 28.9 Å². The van der Waals surface area contributed by atoms with Gasteiger partial charge in [0.1, 0.15) is 5.75 Å².